The third-order valence-corrected chi connectivity index (χ3v) is 7.29. The Bertz CT molecular complexity index is 1180. The Morgan fingerprint density at radius 2 is 1.95 bits per heavy atom. The lowest BCUT2D eigenvalue weighted by atomic mass is 10.1. The summed E-state index contributed by atoms with van der Waals surface area (Å²) in [6.45, 7) is 9.50. The summed E-state index contributed by atoms with van der Waals surface area (Å²) in [5.74, 6) is 1.62. The summed E-state index contributed by atoms with van der Waals surface area (Å²) >= 11 is 0. The molecule has 1 N–H and O–H groups in total. The Labute approximate surface area is 217 Å². The van der Waals surface area contributed by atoms with Crippen LogP contribution in [0.4, 0.5) is 16.2 Å². The lowest BCUT2D eigenvalue weighted by Crippen LogP contribution is -2.48. The summed E-state index contributed by atoms with van der Waals surface area (Å²) in [6, 6.07) is 5.16. The van der Waals surface area contributed by atoms with Crippen LogP contribution in [0, 0.1) is 11.7 Å². The number of carbonyl (C=O) groups excluding carboxylic acids is 2. The number of aromatic nitrogens is 2. The third kappa shape index (κ3) is 5.62. The number of ether oxygens (including phenoxy) is 1. The normalized spacial score (nSPS) is 17.4. The Kier molecular flexibility index (Phi) is 7.17. The lowest BCUT2D eigenvalue weighted by molar-refractivity contribution is -0.129. The molecular weight excluding hydrogens is 475 g/mol. The molecule has 3 aliphatic rings. The first-order valence-electron chi connectivity index (χ1n) is 13.2. The molecule has 0 bridgehead atoms. The minimum atomic E-state index is -0.341. The fraction of sp³-hybridized carbons (Fsp3) is 0.556. The predicted molar refractivity (Wildman–Crippen MR) is 138 cm³/mol. The van der Waals surface area contributed by atoms with Gasteiger partial charge in [0.15, 0.2) is 11.6 Å². The van der Waals surface area contributed by atoms with Gasteiger partial charge in [-0.1, -0.05) is 6.07 Å². The molecule has 1 aliphatic carbocycles. The number of rotatable bonds is 9. The fourth-order valence-corrected chi connectivity index (χ4v) is 4.74. The van der Waals surface area contributed by atoms with E-state index in [9.17, 15) is 14.0 Å². The highest BCUT2D eigenvalue weighted by Crippen LogP contribution is 2.32. The molecule has 1 aromatic heterocycles. The smallest absolute Gasteiger partial charge is 0.273 e. The van der Waals surface area contributed by atoms with Gasteiger partial charge in [0.05, 0.1) is 13.2 Å². The maximum Gasteiger partial charge on any atom is 0.273 e. The summed E-state index contributed by atoms with van der Waals surface area (Å²) < 4.78 is 20.1. The number of anilines is 2. The lowest BCUT2D eigenvalue weighted by Gasteiger charge is -2.34. The van der Waals surface area contributed by atoms with Gasteiger partial charge in [0, 0.05) is 51.3 Å². The predicted octanol–water partition coefficient (Wildman–Crippen LogP) is 3.09. The minimum Gasteiger partial charge on any atom is -0.490 e. The van der Waals surface area contributed by atoms with Crippen LogP contribution in [-0.2, 0) is 17.8 Å². The second-order valence-corrected chi connectivity index (χ2v) is 10.4. The zero-order chi connectivity index (χ0) is 26.1. The van der Waals surface area contributed by atoms with Crippen molar-refractivity contribution in [3.63, 3.8) is 0 Å². The monoisotopic (exact) mass is 510 g/mol. The standard InChI is InChI=1S/C27H35FN6O3/c1-17(2)34-15-21-24(26(34)36)30-27(33-12-10-32(11-13-33)18(3)35)31-25(21)29-9-8-19-6-7-23(22(28)14-19)37-16-20-4-5-20/h6-7,14,17,20H,4-5,8-13,15-16H2,1-3H3,(H,29,30,31). The van der Waals surface area contributed by atoms with E-state index in [-0.39, 0.29) is 23.7 Å². The molecule has 2 aliphatic heterocycles. The van der Waals surface area contributed by atoms with Crippen molar-refractivity contribution in [2.45, 2.75) is 52.6 Å². The number of halogens is 1. The van der Waals surface area contributed by atoms with Crippen LogP contribution in [0.15, 0.2) is 18.2 Å². The number of amides is 2. The average molecular weight is 511 g/mol. The van der Waals surface area contributed by atoms with Gasteiger partial charge in [0.25, 0.3) is 5.91 Å². The van der Waals surface area contributed by atoms with Gasteiger partial charge in [-0.05, 0) is 56.7 Å². The molecule has 2 amide bonds. The van der Waals surface area contributed by atoms with Gasteiger partial charge in [-0.2, -0.15) is 4.98 Å². The van der Waals surface area contributed by atoms with Gasteiger partial charge in [0.1, 0.15) is 11.5 Å². The van der Waals surface area contributed by atoms with E-state index in [1.165, 1.54) is 6.07 Å². The minimum absolute atomic E-state index is 0.0423. The second-order valence-electron chi connectivity index (χ2n) is 10.4. The number of hydrogen-bond acceptors (Lipinski definition) is 7. The number of fused-ring (bicyclic) bond motifs is 1. The maximum atomic E-state index is 14.5. The van der Waals surface area contributed by atoms with Crippen molar-refractivity contribution in [1.29, 1.82) is 0 Å². The molecule has 0 unspecified atom stereocenters. The molecular formula is C27H35FN6O3. The summed E-state index contributed by atoms with van der Waals surface area (Å²) in [5, 5.41) is 3.39. The van der Waals surface area contributed by atoms with Gasteiger partial charge in [-0.15, -0.1) is 0 Å². The third-order valence-electron chi connectivity index (χ3n) is 7.29. The van der Waals surface area contributed by atoms with Gasteiger partial charge < -0.3 is 24.8 Å². The van der Waals surface area contributed by atoms with E-state index in [0.717, 1.165) is 24.0 Å². The topological polar surface area (TPSA) is 90.9 Å². The molecule has 37 heavy (non-hydrogen) atoms. The van der Waals surface area contributed by atoms with Crippen LogP contribution in [0.2, 0.25) is 0 Å². The molecule has 9 nitrogen and oxygen atoms in total. The number of nitrogens with one attached hydrogen (secondary N) is 1. The van der Waals surface area contributed by atoms with E-state index < -0.39 is 0 Å². The molecule has 5 rings (SSSR count). The Balaban J connectivity index is 1.29. The van der Waals surface area contributed by atoms with Gasteiger partial charge in [0.2, 0.25) is 11.9 Å². The van der Waals surface area contributed by atoms with Crippen LogP contribution < -0.4 is 15.0 Å². The van der Waals surface area contributed by atoms with Crippen LogP contribution in [0.25, 0.3) is 0 Å². The maximum absolute atomic E-state index is 14.5. The van der Waals surface area contributed by atoms with Crippen LogP contribution in [0.3, 0.4) is 0 Å². The highest BCUT2D eigenvalue weighted by Gasteiger charge is 2.35. The van der Waals surface area contributed by atoms with Crippen LogP contribution >= 0.6 is 0 Å². The van der Waals surface area contributed by atoms with Crippen LogP contribution in [0.5, 0.6) is 5.75 Å². The molecule has 1 aromatic carbocycles. The van der Waals surface area contributed by atoms with E-state index in [4.69, 9.17) is 9.72 Å². The van der Waals surface area contributed by atoms with E-state index in [1.54, 1.807) is 22.8 Å². The highest BCUT2D eigenvalue weighted by atomic mass is 19.1. The highest BCUT2D eigenvalue weighted by molar-refractivity contribution is 5.98. The fourth-order valence-electron chi connectivity index (χ4n) is 4.74. The molecule has 0 atom stereocenters. The average Bonchev–Trinajstić information content (AvgIpc) is 3.65. The van der Waals surface area contributed by atoms with Crippen molar-refractivity contribution in [3.8, 4) is 5.75 Å². The quantitative estimate of drug-likeness (QED) is 0.554. The van der Waals surface area contributed by atoms with Crippen LogP contribution in [-0.4, -0.2) is 77.0 Å². The SMILES string of the molecule is CC(=O)N1CCN(c2nc(NCCc3ccc(OCC4CC4)c(F)c3)c3c(n2)C(=O)N(C(C)C)C3)CC1. The Hall–Kier alpha value is -3.43. The van der Waals surface area contributed by atoms with Gasteiger partial charge in [-0.3, -0.25) is 9.59 Å². The van der Waals surface area contributed by atoms with Crippen molar-refractivity contribution in [2.75, 3.05) is 49.5 Å². The van der Waals surface area contributed by atoms with Crippen molar-refractivity contribution in [2.24, 2.45) is 5.92 Å². The molecule has 0 spiro atoms. The van der Waals surface area contributed by atoms with E-state index >= 15 is 0 Å². The molecule has 1 saturated carbocycles. The molecule has 2 fully saturated rings. The van der Waals surface area contributed by atoms with Crippen molar-refractivity contribution < 1.29 is 18.7 Å². The van der Waals surface area contributed by atoms with E-state index in [2.05, 4.69) is 10.3 Å². The summed E-state index contributed by atoms with van der Waals surface area (Å²) in [7, 11) is 0. The molecule has 198 valence electrons. The summed E-state index contributed by atoms with van der Waals surface area (Å²) in [4.78, 5) is 39.9. The van der Waals surface area contributed by atoms with Crippen molar-refractivity contribution in [1.82, 2.24) is 19.8 Å². The number of hydrogen-bond donors (Lipinski definition) is 1. The van der Waals surface area contributed by atoms with E-state index in [0.29, 0.717) is 81.4 Å². The van der Waals surface area contributed by atoms with Crippen molar-refractivity contribution >= 4 is 23.6 Å². The Morgan fingerprint density at radius 3 is 2.59 bits per heavy atom. The number of piperazine rings is 1. The first kappa shape index (κ1) is 25.2. The number of benzene rings is 1. The molecule has 10 heteroatoms. The van der Waals surface area contributed by atoms with Crippen molar-refractivity contribution in [3.05, 3.63) is 40.8 Å². The first-order valence-corrected chi connectivity index (χ1v) is 13.2. The summed E-state index contributed by atoms with van der Waals surface area (Å²) in [5.41, 5.74) is 2.08. The zero-order valence-corrected chi connectivity index (χ0v) is 21.8. The first-order chi connectivity index (χ1) is 17.8. The van der Waals surface area contributed by atoms with Gasteiger partial charge in [-0.25, -0.2) is 9.37 Å². The molecule has 2 aromatic rings. The molecule has 3 heterocycles. The Morgan fingerprint density at radius 1 is 1.19 bits per heavy atom. The largest absolute Gasteiger partial charge is 0.490 e. The number of nitrogens with zero attached hydrogens (tertiary/aromatic N) is 5. The molecule has 1 saturated heterocycles. The van der Waals surface area contributed by atoms with Crippen LogP contribution in [0.1, 0.15) is 55.2 Å². The summed E-state index contributed by atoms with van der Waals surface area (Å²) in [6.07, 6.45) is 2.91. The zero-order valence-electron chi connectivity index (χ0n) is 21.8. The number of carbonyl (C=O) groups is 2. The molecule has 0 radical (unpaired) electrons. The van der Waals surface area contributed by atoms with Gasteiger partial charge >= 0.3 is 0 Å². The van der Waals surface area contributed by atoms with E-state index in [1.807, 2.05) is 24.8 Å². The second kappa shape index (κ2) is 10.5.